The van der Waals surface area contributed by atoms with Crippen LogP contribution in [0.2, 0.25) is 0 Å². The third kappa shape index (κ3) is 2.08. The van der Waals surface area contributed by atoms with Gasteiger partial charge in [0, 0.05) is 0 Å². The molecule has 24 heavy (non-hydrogen) atoms. The molecule has 134 valence electrons. The van der Waals surface area contributed by atoms with Crippen molar-refractivity contribution >= 4 is 0 Å². The second-order valence-electron chi connectivity index (χ2n) is 9.68. The van der Waals surface area contributed by atoms with Crippen molar-refractivity contribution < 1.29 is 10.2 Å². The Hall–Kier alpha value is -0.600. The summed E-state index contributed by atoms with van der Waals surface area (Å²) in [5, 5.41) is 21.4. The van der Waals surface area contributed by atoms with Gasteiger partial charge in [-0.15, -0.1) is 6.58 Å². The minimum atomic E-state index is -0.544. The molecular weight excluding hydrogens is 296 g/mol. The van der Waals surface area contributed by atoms with Gasteiger partial charge in [-0.1, -0.05) is 31.6 Å². The molecule has 2 nitrogen and oxygen atoms in total. The Balaban J connectivity index is 1.66. The van der Waals surface area contributed by atoms with Crippen molar-refractivity contribution in [2.24, 2.45) is 28.6 Å². The Bertz CT molecular complexity index is 566. The summed E-state index contributed by atoms with van der Waals surface area (Å²) >= 11 is 0. The predicted molar refractivity (Wildman–Crippen MR) is 97.5 cm³/mol. The SMILES string of the molecule is C=CC[C@]1(O)CC[C@@H]2[C@@H]3CC=C4C[C@@H](O)CC[C@@]4(C)[C@H]3CC[C@]21C. The summed E-state index contributed by atoms with van der Waals surface area (Å²) in [5.41, 5.74) is 1.34. The third-order valence-electron chi connectivity index (χ3n) is 8.88. The second-order valence-corrected chi connectivity index (χ2v) is 9.68. The molecule has 0 amide bonds. The van der Waals surface area contributed by atoms with Crippen LogP contribution in [0, 0.1) is 28.6 Å². The van der Waals surface area contributed by atoms with Gasteiger partial charge in [0.1, 0.15) is 0 Å². The summed E-state index contributed by atoms with van der Waals surface area (Å²) in [6.45, 7) is 8.72. The molecule has 0 unspecified atom stereocenters. The Kier molecular flexibility index (Phi) is 3.82. The van der Waals surface area contributed by atoms with E-state index in [1.807, 2.05) is 6.08 Å². The normalized spacial score (nSPS) is 53.6. The van der Waals surface area contributed by atoms with E-state index < -0.39 is 5.60 Å². The molecule has 0 heterocycles. The highest BCUT2D eigenvalue weighted by Gasteiger charge is 2.63. The average Bonchev–Trinajstić information content (AvgIpc) is 2.80. The first-order valence-corrected chi connectivity index (χ1v) is 10.0. The Labute approximate surface area is 147 Å². The van der Waals surface area contributed by atoms with Crippen molar-refractivity contribution in [1.82, 2.24) is 0 Å². The minimum absolute atomic E-state index is 0.0538. The minimum Gasteiger partial charge on any atom is -0.393 e. The number of allylic oxidation sites excluding steroid dienone is 1. The average molecular weight is 331 g/mol. The molecule has 7 atom stereocenters. The van der Waals surface area contributed by atoms with Crippen molar-refractivity contribution in [1.29, 1.82) is 0 Å². The van der Waals surface area contributed by atoms with Crippen molar-refractivity contribution in [2.75, 3.05) is 0 Å². The van der Waals surface area contributed by atoms with Gasteiger partial charge in [0.15, 0.2) is 0 Å². The van der Waals surface area contributed by atoms with Gasteiger partial charge in [-0.25, -0.2) is 0 Å². The molecule has 0 aromatic heterocycles. The first kappa shape index (κ1) is 16.8. The zero-order valence-electron chi connectivity index (χ0n) is 15.4. The maximum Gasteiger partial charge on any atom is 0.0738 e. The largest absolute Gasteiger partial charge is 0.393 e. The number of hydrogen-bond acceptors (Lipinski definition) is 2. The summed E-state index contributed by atoms with van der Waals surface area (Å²) in [4.78, 5) is 0. The molecule has 4 rings (SSSR count). The topological polar surface area (TPSA) is 40.5 Å². The first-order chi connectivity index (χ1) is 11.3. The van der Waals surface area contributed by atoms with Gasteiger partial charge < -0.3 is 10.2 Å². The zero-order chi connectivity index (χ0) is 17.2. The Morgan fingerprint density at radius 3 is 2.67 bits per heavy atom. The maximum absolute atomic E-state index is 11.3. The monoisotopic (exact) mass is 330 g/mol. The number of fused-ring (bicyclic) bond motifs is 5. The quantitative estimate of drug-likeness (QED) is 0.725. The van der Waals surface area contributed by atoms with E-state index in [2.05, 4.69) is 26.5 Å². The van der Waals surface area contributed by atoms with E-state index in [0.29, 0.717) is 17.3 Å². The van der Waals surface area contributed by atoms with Crippen LogP contribution in [0.15, 0.2) is 24.3 Å². The number of rotatable bonds is 2. The fraction of sp³-hybridized carbons (Fsp3) is 0.818. The van der Waals surface area contributed by atoms with Gasteiger partial charge in [-0.05, 0) is 86.4 Å². The zero-order valence-corrected chi connectivity index (χ0v) is 15.4. The smallest absolute Gasteiger partial charge is 0.0738 e. The van der Waals surface area contributed by atoms with E-state index in [1.165, 1.54) is 18.4 Å². The van der Waals surface area contributed by atoms with Crippen LogP contribution in [0.25, 0.3) is 0 Å². The van der Waals surface area contributed by atoms with Gasteiger partial charge in [-0.2, -0.15) is 0 Å². The van der Waals surface area contributed by atoms with Crippen molar-refractivity contribution in [3.8, 4) is 0 Å². The highest BCUT2D eigenvalue weighted by Crippen LogP contribution is 2.67. The molecule has 0 aliphatic heterocycles. The molecule has 0 aromatic rings. The van der Waals surface area contributed by atoms with Gasteiger partial charge in [-0.3, -0.25) is 0 Å². The van der Waals surface area contributed by atoms with Crippen LogP contribution in [0.5, 0.6) is 0 Å². The van der Waals surface area contributed by atoms with E-state index in [9.17, 15) is 10.2 Å². The lowest BCUT2D eigenvalue weighted by atomic mass is 9.47. The Morgan fingerprint density at radius 2 is 1.92 bits per heavy atom. The molecule has 0 aromatic carbocycles. The molecule has 4 aliphatic rings. The standard InChI is InChI=1S/C22H34O2/c1-4-10-22(24)13-9-19-17-6-5-15-14-16(23)7-11-20(15,2)18(17)8-12-21(19,22)3/h4-5,16-19,23-24H,1,6-14H2,2-3H3/t16-,17+,18-,19+,20+,21+,22-/m0/s1. The van der Waals surface area contributed by atoms with Crippen LogP contribution in [0.3, 0.4) is 0 Å². The van der Waals surface area contributed by atoms with E-state index in [1.54, 1.807) is 0 Å². The summed E-state index contributed by atoms with van der Waals surface area (Å²) in [6, 6.07) is 0. The highest BCUT2D eigenvalue weighted by molar-refractivity contribution is 5.26. The van der Waals surface area contributed by atoms with Crippen molar-refractivity contribution in [3.05, 3.63) is 24.3 Å². The lowest BCUT2D eigenvalue weighted by Gasteiger charge is -2.59. The molecule has 0 spiro atoms. The summed E-state index contributed by atoms with van der Waals surface area (Å²) in [5.74, 6) is 2.10. The third-order valence-corrected chi connectivity index (χ3v) is 8.88. The summed E-state index contributed by atoms with van der Waals surface area (Å²) < 4.78 is 0. The van der Waals surface area contributed by atoms with E-state index in [4.69, 9.17) is 0 Å². The van der Waals surface area contributed by atoms with Crippen molar-refractivity contribution in [3.63, 3.8) is 0 Å². The van der Waals surface area contributed by atoms with E-state index >= 15 is 0 Å². The van der Waals surface area contributed by atoms with E-state index in [-0.39, 0.29) is 11.5 Å². The molecule has 2 N–H and O–H groups in total. The highest BCUT2D eigenvalue weighted by atomic mass is 16.3. The molecule has 0 radical (unpaired) electrons. The molecule has 3 fully saturated rings. The number of aliphatic hydroxyl groups excluding tert-OH is 1. The lowest BCUT2D eigenvalue weighted by Crippen LogP contribution is -2.54. The van der Waals surface area contributed by atoms with Crippen LogP contribution < -0.4 is 0 Å². The van der Waals surface area contributed by atoms with Crippen LogP contribution in [-0.4, -0.2) is 21.9 Å². The molecule has 0 saturated heterocycles. The molecule has 0 bridgehead atoms. The van der Waals surface area contributed by atoms with Crippen LogP contribution >= 0.6 is 0 Å². The second kappa shape index (κ2) is 5.45. The van der Waals surface area contributed by atoms with Gasteiger partial charge >= 0.3 is 0 Å². The van der Waals surface area contributed by atoms with E-state index in [0.717, 1.165) is 50.9 Å². The maximum atomic E-state index is 11.3. The lowest BCUT2D eigenvalue weighted by molar-refractivity contribution is -0.122. The molecular formula is C22H34O2. The number of aliphatic hydroxyl groups is 2. The Morgan fingerprint density at radius 1 is 1.17 bits per heavy atom. The van der Waals surface area contributed by atoms with Gasteiger partial charge in [0.25, 0.3) is 0 Å². The van der Waals surface area contributed by atoms with Crippen LogP contribution in [0.4, 0.5) is 0 Å². The molecule has 3 saturated carbocycles. The number of hydrogen-bond donors (Lipinski definition) is 2. The molecule has 2 heteroatoms. The predicted octanol–water partition coefficient (Wildman–Crippen LogP) is 4.62. The van der Waals surface area contributed by atoms with Crippen LogP contribution in [0.1, 0.15) is 71.6 Å². The van der Waals surface area contributed by atoms with Gasteiger partial charge in [0.05, 0.1) is 11.7 Å². The fourth-order valence-electron chi connectivity index (χ4n) is 7.33. The van der Waals surface area contributed by atoms with Gasteiger partial charge in [0.2, 0.25) is 0 Å². The summed E-state index contributed by atoms with van der Waals surface area (Å²) in [7, 11) is 0. The van der Waals surface area contributed by atoms with Crippen molar-refractivity contribution in [2.45, 2.75) is 83.3 Å². The summed E-state index contributed by atoms with van der Waals surface area (Å²) in [6.07, 6.45) is 13.6. The first-order valence-electron chi connectivity index (χ1n) is 10.0. The van der Waals surface area contributed by atoms with Crippen LogP contribution in [-0.2, 0) is 0 Å². The molecule has 4 aliphatic carbocycles. The fourth-order valence-corrected chi connectivity index (χ4v) is 7.33.